The first-order valence-electron chi connectivity index (χ1n) is 4.96. The van der Waals surface area contributed by atoms with E-state index in [1.807, 2.05) is 6.07 Å². The van der Waals surface area contributed by atoms with Crippen LogP contribution in [0.5, 0.6) is 0 Å². The van der Waals surface area contributed by atoms with E-state index in [4.69, 9.17) is 0 Å². The summed E-state index contributed by atoms with van der Waals surface area (Å²) in [5.41, 5.74) is 3.35. The van der Waals surface area contributed by atoms with Gasteiger partial charge in [-0.1, -0.05) is 6.07 Å². The maximum atomic E-state index is 11.5. The van der Waals surface area contributed by atoms with Gasteiger partial charge < -0.3 is 0 Å². The van der Waals surface area contributed by atoms with Gasteiger partial charge in [0.05, 0.1) is 21.1 Å². The smallest absolute Gasteiger partial charge is 0.163 e. The molecule has 0 radical (unpaired) electrons. The van der Waals surface area contributed by atoms with E-state index in [9.17, 15) is 4.79 Å². The highest BCUT2D eigenvalue weighted by atomic mass is 16.1. The zero-order chi connectivity index (χ0) is 10.3. The van der Waals surface area contributed by atoms with Crippen LogP contribution in [0, 0.1) is 0 Å². The summed E-state index contributed by atoms with van der Waals surface area (Å²) in [5, 5.41) is 0. The first-order valence-corrected chi connectivity index (χ1v) is 4.96. The van der Waals surface area contributed by atoms with Crippen molar-refractivity contribution in [3.63, 3.8) is 0 Å². The third-order valence-corrected chi connectivity index (χ3v) is 2.79. The third kappa shape index (κ3) is 1.46. The predicted molar refractivity (Wildman–Crippen MR) is 58.7 cm³/mol. The van der Waals surface area contributed by atoms with Crippen LogP contribution in [0.4, 0.5) is 5.69 Å². The van der Waals surface area contributed by atoms with Crippen LogP contribution >= 0.6 is 0 Å². The van der Waals surface area contributed by atoms with Gasteiger partial charge in [-0.05, 0) is 18.1 Å². The molecule has 1 aromatic rings. The molecule has 0 aliphatic heterocycles. The quantitative estimate of drug-likeness (QED) is 0.619. The van der Waals surface area contributed by atoms with Crippen LogP contribution in [0.2, 0.25) is 0 Å². The van der Waals surface area contributed by atoms with Gasteiger partial charge in [0.2, 0.25) is 0 Å². The lowest BCUT2D eigenvalue weighted by molar-refractivity contribution is 0.0994. The van der Waals surface area contributed by atoms with E-state index in [1.165, 1.54) is 11.3 Å². The number of aryl methyl sites for hydroxylation is 1. The number of nitrogens with zero attached hydrogens (tertiary/aromatic N) is 1. The van der Waals surface area contributed by atoms with Gasteiger partial charge in [0.1, 0.15) is 5.69 Å². The molecule has 2 rings (SSSR count). The van der Waals surface area contributed by atoms with Gasteiger partial charge in [-0.2, -0.15) is 0 Å². The van der Waals surface area contributed by atoms with E-state index in [-0.39, 0.29) is 0 Å². The topological polar surface area (TPSA) is 17.1 Å². The highest BCUT2D eigenvalue weighted by molar-refractivity contribution is 6.01. The molecule has 0 atom stereocenters. The van der Waals surface area contributed by atoms with Crippen LogP contribution in [0.25, 0.3) is 0 Å². The number of fused-ring (bicyclic) bond motifs is 1. The first-order chi connectivity index (χ1) is 6.48. The second-order valence-electron chi connectivity index (χ2n) is 4.78. The summed E-state index contributed by atoms with van der Waals surface area (Å²) in [6.07, 6.45) is 1.61. The Labute approximate surface area is 84.7 Å². The van der Waals surface area contributed by atoms with Gasteiger partial charge in [0.15, 0.2) is 5.78 Å². The fourth-order valence-electron chi connectivity index (χ4n) is 1.84. The Hall–Kier alpha value is -1.15. The number of quaternary nitrogens is 1. The van der Waals surface area contributed by atoms with Gasteiger partial charge in [0, 0.05) is 18.1 Å². The summed E-state index contributed by atoms with van der Waals surface area (Å²) in [4.78, 5) is 11.5. The van der Waals surface area contributed by atoms with Crippen molar-refractivity contribution in [3.8, 4) is 0 Å². The largest absolute Gasteiger partial charge is 0.298 e. The van der Waals surface area contributed by atoms with Gasteiger partial charge >= 0.3 is 0 Å². The Morgan fingerprint density at radius 1 is 1.14 bits per heavy atom. The molecule has 0 bridgehead atoms. The monoisotopic (exact) mass is 190 g/mol. The minimum absolute atomic E-state index is 0.301. The molecule has 14 heavy (non-hydrogen) atoms. The summed E-state index contributed by atoms with van der Waals surface area (Å²) in [6, 6.07) is 6.27. The molecule has 0 amide bonds. The van der Waals surface area contributed by atoms with Crippen LogP contribution in [0.15, 0.2) is 18.2 Å². The molecule has 74 valence electrons. The molecule has 0 saturated carbocycles. The number of rotatable bonds is 1. The second kappa shape index (κ2) is 2.92. The van der Waals surface area contributed by atoms with E-state index < -0.39 is 0 Å². The van der Waals surface area contributed by atoms with Gasteiger partial charge in [0.25, 0.3) is 0 Å². The summed E-state index contributed by atoms with van der Waals surface area (Å²) >= 11 is 0. The Kier molecular flexibility index (Phi) is 1.96. The van der Waals surface area contributed by atoms with Crippen molar-refractivity contribution >= 4 is 11.5 Å². The summed E-state index contributed by atoms with van der Waals surface area (Å²) < 4.78 is 0.764. The molecule has 0 spiro atoms. The maximum absolute atomic E-state index is 11.5. The minimum atomic E-state index is 0.301. The number of carbonyl (C=O) groups excluding carboxylic acids is 1. The summed E-state index contributed by atoms with van der Waals surface area (Å²) in [6.45, 7) is 0. The molecule has 0 heterocycles. The summed E-state index contributed by atoms with van der Waals surface area (Å²) in [7, 11) is 6.34. The Morgan fingerprint density at radius 2 is 1.86 bits per heavy atom. The normalized spacial score (nSPS) is 15.8. The number of benzene rings is 1. The van der Waals surface area contributed by atoms with Crippen molar-refractivity contribution in [3.05, 3.63) is 29.3 Å². The van der Waals surface area contributed by atoms with Crippen LogP contribution < -0.4 is 4.48 Å². The lowest BCUT2D eigenvalue weighted by atomic mass is 10.1. The van der Waals surface area contributed by atoms with E-state index >= 15 is 0 Å². The zero-order valence-electron chi connectivity index (χ0n) is 9.00. The number of ketones is 1. The Balaban J connectivity index is 2.50. The molecule has 1 aromatic carbocycles. The second-order valence-corrected chi connectivity index (χ2v) is 4.78. The molecule has 0 aromatic heterocycles. The van der Waals surface area contributed by atoms with Crippen molar-refractivity contribution in [2.45, 2.75) is 12.8 Å². The lowest BCUT2D eigenvalue weighted by Gasteiger charge is -2.23. The first kappa shape index (κ1) is 9.41. The molecular formula is C12H16NO+. The number of carbonyl (C=O) groups is 1. The highest BCUT2D eigenvalue weighted by Crippen LogP contribution is 2.27. The van der Waals surface area contributed by atoms with E-state index in [0.29, 0.717) is 12.2 Å². The molecule has 0 unspecified atom stereocenters. The number of hydrogen-bond acceptors (Lipinski definition) is 1. The van der Waals surface area contributed by atoms with Gasteiger partial charge in [-0.25, -0.2) is 0 Å². The van der Waals surface area contributed by atoms with Crippen molar-refractivity contribution in [1.29, 1.82) is 0 Å². The van der Waals surface area contributed by atoms with E-state index in [1.54, 1.807) is 0 Å². The van der Waals surface area contributed by atoms with Crippen LogP contribution in [0.3, 0.4) is 0 Å². The number of hydrogen-bond donors (Lipinski definition) is 0. The average Bonchev–Trinajstić information content (AvgIpc) is 2.46. The van der Waals surface area contributed by atoms with E-state index in [2.05, 4.69) is 33.3 Å². The third-order valence-electron chi connectivity index (χ3n) is 2.79. The van der Waals surface area contributed by atoms with Crippen molar-refractivity contribution in [1.82, 2.24) is 4.48 Å². The maximum Gasteiger partial charge on any atom is 0.163 e. The van der Waals surface area contributed by atoms with Crippen molar-refractivity contribution < 1.29 is 4.79 Å². The van der Waals surface area contributed by atoms with Crippen LogP contribution in [-0.2, 0) is 6.42 Å². The average molecular weight is 190 g/mol. The fourth-order valence-corrected chi connectivity index (χ4v) is 1.84. The van der Waals surface area contributed by atoms with Crippen LogP contribution in [0.1, 0.15) is 22.3 Å². The lowest BCUT2D eigenvalue weighted by Crippen LogP contribution is -2.34. The standard InChI is InChI=1S/C12H16NO/c1-13(2,3)10-6-4-9-5-7-12(14)11(9)8-10/h4,6,8H,5,7H2,1-3H3/q+1. The Morgan fingerprint density at radius 3 is 2.50 bits per heavy atom. The fraction of sp³-hybridized carbons (Fsp3) is 0.417. The van der Waals surface area contributed by atoms with Crippen LogP contribution in [-0.4, -0.2) is 26.9 Å². The van der Waals surface area contributed by atoms with E-state index in [0.717, 1.165) is 16.5 Å². The predicted octanol–water partition coefficient (Wildman–Crippen LogP) is 2.01. The minimum Gasteiger partial charge on any atom is -0.298 e. The molecule has 0 saturated heterocycles. The SMILES string of the molecule is C[N+](C)(C)c1ccc2c(c1)C(=O)CC2. The molecule has 2 heteroatoms. The zero-order valence-corrected chi connectivity index (χ0v) is 9.00. The molecule has 1 aliphatic carbocycles. The molecule has 2 nitrogen and oxygen atoms in total. The molecular weight excluding hydrogens is 174 g/mol. The Bertz CT molecular complexity index is 388. The van der Waals surface area contributed by atoms with Crippen molar-refractivity contribution in [2.24, 2.45) is 0 Å². The number of Topliss-reactive ketones (excluding diaryl/α,β-unsaturated/α-hetero) is 1. The van der Waals surface area contributed by atoms with Gasteiger partial charge in [-0.3, -0.25) is 9.28 Å². The summed E-state index contributed by atoms with van der Waals surface area (Å²) in [5.74, 6) is 0.301. The van der Waals surface area contributed by atoms with Crippen molar-refractivity contribution in [2.75, 3.05) is 21.1 Å². The van der Waals surface area contributed by atoms with Gasteiger partial charge in [-0.15, -0.1) is 0 Å². The molecule has 0 fully saturated rings. The highest BCUT2D eigenvalue weighted by Gasteiger charge is 2.22. The molecule has 0 N–H and O–H groups in total. The molecule has 1 aliphatic rings.